The molecule has 4 rings (SSSR count). The van der Waals surface area contributed by atoms with Crippen LogP contribution in [0.5, 0.6) is 5.75 Å². The van der Waals surface area contributed by atoms with Crippen LogP contribution < -0.4 is 10.1 Å². The maximum Gasteiger partial charge on any atom is 0.220 e. The van der Waals surface area contributed by atoms with E-state index < -0.39 is 0 Å². The lowest BCUT2D eigenvalue weighted by atomic mass is 9.98. The Morgan fingerprint density at radius 1 is 1.10 bits per heavy atom. The Bertz CT molecular complexity index is 954. The fourth-order valence-electron chi connectivity index (χ4n) is 4.02. The van der Waals surface area contributed by atoms with Gasteiger partial charge in [0.05, 0.1) is 13.2 Å². The number of methoxy groups -OCH3 is 1. The van der Waals surface area contributed by atoms with Crippen LogP contribution in [0, 0.1) is 0 Å². The lowest BCUT2D eigenvalue weighted by molar-refractivity contribution is -0.121. The molecule has 156 valence electrons. The molecule has 0 aliphatic carbocycles. The molecule has 2 heterocycles. The van der Waals surface area contributed by atoms with Crippen LogP contribution in [0.2, 0.25) is 0 Å². The molecule has 1 N–H and O–H groups in total. The van der Waals surface area contributed by atoms with Crippen LogP contribution in [-0.4, -0.2) is 31.0 Å². The third-order valence-corrected chi connectivity index (χ3v) is 6.74. The number of thiophene rings is 1. The van der Waals surface area contributed by atoms with Crippen molar-refractivity contribution in [1.82, 2.24) is 10.2 Å². The van der Waals surface area contributed by atoms with Gasteiger partial charge in [0.1, 0.15) is 5.75 Å². The predicted molar refractivity (Wildman–Crippen MR) is 122 cm³/mol. The first kappa shape index (κ1) is 20.6. The molecule has 1 atom stereocenters. The molecular weight excluding hydrogens is 392 g/mol. The molecule has 1 amide bonds. The number of nitrogens with one attached hydrogen (secondary N) is 1. The molecule has 0 spiro atoms. The van der Waals surface area contributed by atoms with Crippen molar-refractivity contribution in [2.24, 2.45) is 0 Å². The van der Waals surface area contributed by atoms with Crippen LogP contribution >= 0.6 is 11.3 Å². The minimum absolute atomic E-state index is 0.102. The zero-order chi connectivity index (χ0) is 20.8. The van der Waals surface area contributed by atoms with Gasteiger partial charge in [0.25, 0.3) is 0 Å². The van der Waals surface area contributed by atoms with Crippen LogP contribution in [0.1, 0.15) is 34.0 Å². The second kappa shape index (κ2) is 9.92. The number of amides is 1. The van der Waals surface area contributed by atoms with E-state index >= 15 is 0 Å². The Kier molecular flexibility index (Phi) is 6.82. The quantitative estimate of drug-likeness (QED) is 0.579. The Morgan fingerprint density at radius 2 is 1.90 bits per heavy atom. The number of rotatable bonds is 8. The molecule has 5 heteroatoms. The van der Waals surface area contributed by atoms with Crippen molar-refractivity contribution in [1.29, 1.82) is 0 Å². The largest absolute Gasteiger partial charge is 0.497 e. The molecule has 0 radical (unpaired) electrons. The van der Waals surface area contributed by atoms with Gasteiger partial charge in [-0.2, -0.15) is 0 Å². The molecule has 1 aromatic heterocycles. The highest BCUT2D eigenvalue weighted by Crippen LogP contribution is 2.30. The highest BCUT2D eigenvalue weighted by atomic mass is 32.1. The average Bonchev–Trinajstić information content (AvgIpc) is 3.32. The topological polar surface area (TPSA) is 41.6 Å². The molecule has 4 nitrogen and oxygen atoms in total. The van der Waals surface area contributed by atoms with Gasteiger partial charge in [-0.05, 0) is 53.1 Å². The summed E-state index contributed by atoms with van der Waals surface area (Å²) >= 11 is 1.77. The van der Waals surface area contributed by atoms with Crippen molar-refractivity contribution in [2.75, 3.05) is 20.2 Å². The first-order chi connectivity index (χ1) is 14.7. The smallest absolute Gasteiger partial charge is 0.220 e. The van der Waals surface area contributed by atoms with Crippen molar-refractivity contribution in [3.63, 3.8) is 0 Å². The first-order valence-corrected chi connectivity index (χ1v) is 11.3. The second-order valence-electron chi connectivity index (χ2n) is 7.67. The van der Waals surface area contributed by atoms with Gasteiger partial charge in [0, 0.05) is 30.9 Å². The zero-order valence-electron chi connectivity index (χ0n) is 17.3. The molecule has 3 aromatic rings. The average molecular weight is 421 g/mol. The third-order valence-electron chi connectivity index (χ3n) is 5.76. The Balaban J connectivity index is 1.35. The summed E-state index contributed by atoms with van der Waals surface area (Å²) in [5.41, 5.74) is 3.99. The number of carbonyl (C=O) groups excluding carboxylic acids is 1. The number of fused-ring (bicyclic) bond motifs is 1. The van der Waals surface area contributed by atoms with E-state index in [1.807, 2.05) is 24.3 Å². The molecule has 30 heavy (non-hydrogen) atoms. The van der Waals surface area contributed by atoms with E-state index in [0.717, 1.165) is 37.2 Å². The number of benzene rings is 2. The monoisotopic (exact) mass is 420 g/mol. The van der Waals surface area contributed by atoms with Crippen molar-refractivity contribution in [2.45, 2.75) is 31.8 Å². The fraction of sp³-hybridized carbons (Fsp3) is 0.320. The van der Waals surface area contributed by atoms with Crippen LogP contribution in [0.15, 0.2) is 66.0 Å². The van der Waals surface area contributed by atoms with Gasteiger partial charge in [-0.25, -0.2) is 0 Å². The lowest BCUT2D eigenvalue weighted by Crippen LogP contribution is -2.40. The number of hydrogen-bond donors (Lipinski definition) is 1. The standard InChI is InChI=1S/C25H28N2O2S/c1-29-22-11-8-19(9-12-22)10-13-25(28)26-17-23(24-7-4-16-30-24)27-15-14-20-5-2-3-6-21(20)18-27/h2-9,11-12,16,23H,10,13-15,17-18H2,1H3,(H,26,28)/t23-/m0/s1. The minimum Gasteiger partial charge on any atom is -0.497 e. The maximum absolute atomic E-state index is 12.5. The molecule has 0 bridgehead atoms. The summed E-state index contributed by atoms with van der Waals surface area (Å²) in [6.45, 7) is 2.59. The molecule has 1 aliphatic rings. The summed E-state index contributed by atoms with van der Waals surface area (Å²) in [7, 11) is 1.66. The van der Waals surface area contributed by atoms with Crippen LogP contribution in [-0.2, 0) is 24.2 Å². The summed E-state index contributed by atoms with van der Waals surface area (Å²) in [6.07, 6.45) is 2.28. The van der Waals surface area contributed by atoms with Crippen LogP contribution in [0.25, 0.3) is 0 Å². The molecule has 0 saturated carbocycles. The number of ether oxygens (including phenoxy) is 1. The SMILES string of the molecule is COc1ccc(CCC(=O)NC[C@@H](c2cccs2)N2CCc3ccccc3C2)cc1. The highest BCUT2D eigenvalue weighted by molar-refractivity contribution is 7.10. The normalized spacial score (nSPS) is 14.7. The summed E-state index contributed by atoms with van der Waals surface area (Å²) in [5.74, 6) is 0.940. The van der Waals surface area contributed by atoms with Crippen molar-refractivity contribution in [3.05, 3.63) is 87.6 Å². The second-order valence-corrected chi connectivity index (χ2v) is 8.65. The van der Waals surface area contributed by atoms with E-state index in [4.69, 9.17) is 4.74 Å². The maximum atomic E-state index is 12.5. The highest BCUT2D eigenvalue weighted by Gasteiger charge is 2.25. The van der Waals surface area contributed by atoms with Gasteiger partial charge >= 0.3 is 0 Å². The Hall–Kier alpha value is -2.63. The lowest BCUT2D eigenvalue weighted by Gasteiger charge is -2.35. The molecule has 0 fully saturated rings. The van der Waals surface area contributed by atoms with Crippen molar-refractivity contribution >= 4 is 17.2 Å². The zero-order valence-corrected chi connectivity index (χ0v) is 18.2. The van der Waals surface area contributed by atoms with Crippen LogP contribution in [0.3, 0.4) is 0 Å². The number of nitrogens with zero attached hydrogens (tertiary/aromatic N) is 1. The van der Waals surface area contributed by atoms with Crippen molar-refractivity contribution < 1.29 is 9.53 Å². The molecule has 0 saturated heterocycles. The number of carbonyl (C=O) groups is 1. The van der Waals surface area contributed by atoms with Crippen molar-refractivity contribution in [3.8, 4) is 5.75 Å². The number of hydrogen-bond acceptors (Lipinski definition) is 4. The summed E-state index contributed by atoms with van der Waals surface area (Å²) < 4.78 is 5.19. The molecule has 1 aliphatic heterocycles. The van der Waals surface area contributed by atoms with E-state index in [0.29, 0.717) is 13.0 Å². The van der Waals surface area contributed by atoms with Gasteiger partial charge in [0.15, 0.2) is 0 Å². The fourth-order valence-corrected chi connectivity index (χ4v) is 4.88. The third kappa shape index (κ3) is 5.10. The van der Waals surface area contributed by atoms with E-state index in [1.54, 1.807) is 18.4 Å². The van der Waals surface area contributed by atoms with E-state index in [-0.39, 0.29) is 11.9 Å². The summed E-state index contributed by atoms with van der Waals surface area (Å²) in [4.78, 5) is 16.4. The van der Waals surface area contributed by atoms with Crippen LogP contribution in [0.4, 0.5) is 0 Å². The molecule has 0 unspecified atom stereocenters. The predicted octanol–water partition coefficient (Wildman–Crippen LogP) is 4.61. The Morgan fingerprint density at radius 3 is 2.63 bits per heavy atom. The van der Waals surface area contributed by atoms with Gasteiger partial charge in [-0.1, -0.05) is 42.5 Å². The molecular formula is C25H28N2O2S. The van der Waals surface area contributed by atoms with E-state index in [1.165, 1.54) is 16.0 Å². The van der Waals surface area contributed by atoms with E-state index in [2.05, 4.69) is 52.0 Å². The summed E-state index contributed by atoms with van der Waals surface area (Å²) in [5, 5.41) is 5.30. The minimum atomic E-state index is 0.102. The van der Waals surface area contributed by atoms with Gasteiger partial charge < -0.3 is 10.1 Å². The summed E-state index contributed by atoms with van der Waals surface area (Å²) in [6, 6.07) is 21.1. The van der Waals surface area contributed by atoms with Gasteiger partial charge in [-0.3, -0.25) is 9.69 Å². The van der Waals surface area contributed by atoms with Gasteiger partial charge in [-0.15, -0.1) is 11.3 Å². The molecule has 2 aromatic carbocycles. The first-order valence-electron chi connectivity index (χ1n) is 10.5. The number of aryl methyl sites for hydroxylation is 1. The Labute approximate surface area is 182 Å². The van der Waals surface area contributed by atoms with Gasteiger partial charge in [0.2, 0.25) is 5.91 Å². The van der Waals surface area contributed by atoms with E-state index in [9.17, 15) is 4.79 Å².